The van der Waals surface area contributed by atoms with Crippen LogP contribution in [0.25, 0.3) is 0 Å². The number of ether oxygens (including phenoxy) is 1. The molecule has 33 heavy (non-hydrogen) atoms. The Kier molecular flexibility index (Phi) is 6.84. The molecule has 7 nitrogen and oxygen atoms in total. The van der Waals surface area contributed by atoms with Crippen LogP contribution in [0.1, 0.15) is 16.8 Å². The fourth-order valence-electron chi connectivity index (χ4n) is 3.93. The predicted molar refractivity (Wildman–Crippen MR) is 129 cm³/mol. The Labute approximate surface area is 194 Å². The van der Waals surface area contributed by atoms with Gasteiger partial charge in [0.25, 0.3) is 15.9 Å². The van der Waals surface area contributed by atoms with Gasteiger partial charge in [-0.3, -0.25) is 9.52 Å². The summed E-state index contributed by atoms with van der Waals surface area (Å²) in [5, 5.41) is 2.98. The van der Waals surface area contributed by atoms with Crippen LogP contribution in [0.2, 0.25) is 0 Å². The maximum Gasteiger partial charge on any atom is 0.262 e. The summed E-state index contributed by atoms with van der Waals surface area (Å²) in [6.07, 6.45) is 1.01. The number of anilines is 2. The molecule has 1 aliphatic heterocycles. The van der Waals surface area contributed by atoms with Gasteiger partial charge in [-0.05, 0) is 60.9 Å². The lowest BCUT2D eigenvalue weighted by atomic mass is 10.1. The molecule has 1 atom stereocenters. The lowest BCUT2D eigenvalue weighted by molar-refractivity contribution is 0.0948. The van der Waals surface area contributed by atoms with E-state index >= 15 is 0 Å². The summed E-state index contributed by atoms with van der Waals surface area (Å²) < 4.78 is 33.2. The zero-order chi connectivity index (χ0) is 23.3. The number of rotatable bonds is 8. The van der Waals surface area contributed by atoms with Crippen LogP contribution in [0.15, 0.2) is 83.8 Å². The molecule has 0 aliphatic carbocycles. The van der Waals surface area contributed by atoms with Crippen LogP contribution in [0.3, 0.4) is 0 Å². The van der Waals surface area contributed by atoms with E-state index in [1.165, 1.54) is 37.1 Å². The normalized spacial score (nSPS) is 15.8. The number of benzene rings is 3. The van der Waals surface area contributed by atoms with Gasteiger partial charge in [-0.2, -0.15) is 0 Å². The first-order valence-electron chi connectivity index (χ1n) is 10.8. The number of carbonyl (C=O) groups excluding carboxylic acids is 1. The van der Waals surface area contributed by atoms with Crippen molar-refractivity contribution < 1.29 is 17.9 Å². The third-order valence-electron chi connectivity index (χ3n) is 5.74. The number of methoxy groups -OCH3 is 1. The van der Waals surface area contributed by atoms with E-state index in [0.29, 0.717) is 29.5 Å². The van der Waals surface area contributed by atoms with Gasteiger partial charge in [0.15, 0.2) is 0 Å². The smallest absolute Gasteiger partial charge is 0.262 e. The number of amides is 1. The molecule has 0 bridgehead atoms. The van der Waals surface area contributed by atoms with Crippen molar-refractivity contribution in [3.05, 3.63) is 84.4 Å². The number of hydrogen-bond donors (Lipinski definition) is 2. The van der Waals surface area contributed by atoms with E-state index in [9.17, 15) is 13.2 Å². The molecule has 0 saturated carbocycles. The molecule has 2 N–H and O–H groups in total. The van der Waals surface area contributed by atoms with Crippen LogP contribution in [0.5, 0.6) is 5.75 Å². The summed E-state index contributed by atoms with van der Waals surface area (Å²) in [6, 6.07) is 22.9. The molecule has 0 spiro atoms. The van der Waals surface area contributed by atoms with E-state index in [1.54, 1.807) is 24.3 Å². The largest absolute Gasteiger partial charge is 0.495 e. The standard InChI is InChI=1S/C25H27N3O4S/c1-32-24-10-6-5-9-23(24)27-33(30,31)22-13-11-20(12-14-22)25(29)26-17-19-15-16-28(18-19)21-7-3-2-4-8-21/h2-14,19,27H,15-18H2,1H3,(H,26,29). The molecule has 3 aromatic rings. The highest BCUT2D eigenvalue weighted by Gasteiger charge is 2.23. The molecule has 172 valence electrons. The van der Waals surface area contributed by atoms with Gasteiger partial charge in [-0.25, -0.2) is 8.42 Å². The molecular weight excluding hydrogens is 438 g/mol. The Hall–Kier alpha value is -3.52. The molecule has 4 rings (SSSR count). The Bertz CT molecular complexity index is 1200. The zero-order valence-electron chi connectivity index (χ0n) is 18.4. The first-order valence-corrected chi connectivity index (χ1v) is 12.3. The van der Waals surface area contributed by atoms with Crippen LogP contribution in [0, 0.1) is 5.92 Å². The van der Waals surface area contributed by atoms with Crippen LogP contribution in [-0.4, -0.2) is 41.1 Å². The average Bonchev–Trinajstić information content (AvgIpc) is 3.32. The molecule has 3 aromatic carbocycles. The van der Waals surface area contributed by atoms with Crippen molar-refractivity contribution in [2.24, 2.45) is 5.92 Å². The molecule has 1 heterocycles. The van der Waals surface area contributed by atoms with Crippen molar-refractivity contribution in [3.63, 3.8) is 0 Å². The fraction of sp³-hybridized carbons (Fsp3) is 0.240. The minimum atomic E-state index is -3.81. The van der Waals surface area contributed by atoms with E-state index in [2.05, 4.69) is 27.1 Å². The van der Waals surface area contributed by atoms with Gasteiger partial charge in [-0.1, -0.05) is 30.3 Å². The van der Waals surface area contributed by atoms with Crippen LogP contribution in [-0.2, 0) is 10.0 Å². The number of para-hydroxylation sites is 3. The first kappa shape index (κ1) is 22.7. The topological polar surface area (TPSA) is 87.7 Å². The number of nitrogens with one attached hydrogen (secondary N) is 2. The van der Waals surface area contributed by atoms with Crippen LogP contribution >= 0.6 is 0 Å². The van der Waals surface area contributed by atoms with Gasteiger partial charge >= 0.3 is 0 Å². The van der Waals surface area contributed by atoms with Crippen LogP contribution < -0.4 is 19.7 Å². The Morgan fingerprint density at radius 2 is 1.70 bits per heavy atom. The zero-order valence-corrected chi connectivity index (χ0v) is 19.2. The van der Waals surface area contributed by atoms with Crippen molar-refractivity contribution in [1.29, 1.82) is 0 Å². The summed E-state index contributed by atoms with van der Waals surface area (Å²) in [5.41, 5.74) is 1.97. The summed E-state index contributed by atoms with van der Waals surface area (Å²) in [6.45, 7) is 2.45. The lowest BCUT2D eigenvalue weighted by Gasteiger charge is -2.18. The van der Waals surface area contributed by atoms with Crippen molar-refractivity contribution in [2.45, 2.75) is 11.3 Å². The average molecular weight is 466 g/mol. The molecule has 0 aromatic heterocycles. The summed E-state index contributed by atoms with van der Waals surface area (Å²) in [4.78, 5) is 15.0. The summed E-state index contributed by atoms with van der Waals surface area (Å²) >= 11 is 0. The lowest BCUT2D eigenvalue weighted by Crippen LogP contribution is -2.31. The third-order valence-corrected chi connectivity index (χ3v) is 7.12. The Balaban J connectivity index is 1.33. The van der Waals surface area contributed by atoms with Crippen LogP contribution in [0.4, 0.5) is 11.4 Å². The van der Waals surface area contributed by atoms with E-state index in [1.807, 2.05) is 18.2 Å². The van der Waals surface area contributed by atoms with Gasteiger partial charge in [0.1, 0.15) is 5.75 Å². The Morgan fingerprint density at radius 3 is 2.42 bits per heavy atom. The predicted octanol–water partition coefficient (Wildman–Crippen LogP) is 3.75. The first-order chi connectivity index (χ1) is 16.0. The quantitative estimate of drug-likeness (QED) is 0.529. The van der Waals surface area contributed by atoms with Crippen molar-refractivity contribution >= 4 is 27.3 Å². The number of sulfonamides is 1. The number of hydrogen-bond acceptors (Lipinski definition) is 5. The molecular formula is C25H27N3O4S. The molecule has 1 unspecified atom stereocenters. The fourth-order valence-corrected chi connectivity index (χ4v) is 5.00. The number of carbonyl (C=O) groups is 1. The van der Waals surface area contributed by atoms with Crippen molar-refractivity contribution in [3.8, 4) is 5.75 Å². The highest BCUT2D eigenvalue weighted by Crippen LogP contribution is 2.26. The molecule has 1 aliphatic rings. The highest BCUT2D eigenvalue weighted by atomic mass is 32.2. The van der Waals surface area contributed by atoms with Gasteiger partial charge in [0, 0.05) is 30.9 Å². The molecule has 1 amide bonds. The maximum absolute atomic E-state index is 12.7. The van der Waals surface area contributed by atoms with Crippen molar-refractivity contribution in [2.75, 3.05) is 36.4 Å². The maximum atomic E-state index is 12.7. The SMILES string of the molecule is COc1ccccc1NS(=O)(=O)c1ccc(C(=O)NCC2CCN(c3ccccc3)C2)cc1. The summed E-state index contributed by atoms with van der Waals surface area (Å²) in [5.74, 6) is 0.587. The van der Waals surface area contributed by atoms with E-state index in [-0.39, 0.29) is 10.8 Å². The molecule has 1 fully saturated rings. The second-order valence-electron chi connectivity index (χ2n) is 7.98. The minimum Gasteiger partial charge on any atom is -0.495 e. The van der Waals surface area contributed by atoms with Gasteiger partial charge in [0.05, 0.1) is 17.7 Å². The second-order valence-corrected chi connectivity index (χ2v) is 9.66. The van der Waals surface area contributed by atoms with Gasteiger partial charge in [-0.15, -0.1) is 0 Å². The summed E-state index contributed by atoms with van der Waals surface area (Å²) in [7, 11) is -2.34. The number of nitrogens with zero attached hydrogens (tertiary/aromatic N) is 1. The monoisotopic (exact) mass is 465 g/mol. The molecule has 8 heteroatoms. The van der Waals surface area contributed by atoms with Gasteiger partial charge in [0.2, 0.25) is 0 Å². The minimum absolute atomic E-state index is 0.0688. The van der Waals surface area contributed by atoms with Crippen molar-refractivity contribution in [1.82, 2.24) is 5.32 Å². The third kappa shape index (κ3) is 5.46. The van der Waals surface area contributed by atoms with Gasteiger partial charge < -0.3 is 15.0 Å². The Morgan fingerprint density at radius 1 is 1.00 bits per heavy atom. The molecule has 1 saturated heterocycles. The van der Waals surface area contributed by atoms with E-state index < -0.39 is 10.0 Å². The van der Waals surface area contributed by atoms with E-state index in [0.717, 1.165) is 19.5 Å². The highest BCUT2D eigenvalue weighted by molar-refractivity contribution is 7.92. The second kappa shape index (κ2) is 9.95. The van der Waals surface area contributed by atoms with E-state index in [4.69, 9.17) is 4.74 Å². The molecule has 0 radical (unpaired) electrons.